The first-order valence-electron chi connectivity index (χ1n) is 15.4. The standard InChI is InChI=1S/C33H54O4/c1-19(25-26-27(29(4,5)35-25)37-30(6,7)36-26)20-13-17-33(10)22-11-12-23-28(2,3)24(34)15-16-31(23,8)21(22)14-18-32(20,33)9/h11,19-21,23-27,34H,12-18H2,1-10H3/t19-,20-,21-,23+,24-,25+,26-,27-,31+,32-,33-/m0/s1. The highest BCUT2D eigenvalue weighted by atomic mass is 16.8. The first-order valence-corrected chi connectivity index (χ1v) is 15.4. The van der Waals surface area contributed by atoms with Gasteiger partial charge in [-0.2, -0.15) is 0 Å². The number of hydrogen-bond acceptors (Lipinski definition) is 4. The zero-order valence-corrected chi connectivity index (χ0v) is 25.3. The van der Waals surface area contributed by atoms with Crippen molar-refractivity contribution in [2.75, 3.05) is 0 Å². The number of aliphatic hydroxyl groups is 1. The van der Waals surface area contributed by atoms with Crippen LogP contribution in [0.1, 0.15) is 114 Å². The largest absolute Gasteiger partial charge is 0.393 e. The molecule has 2 heterocycles. The summed E-state index contributed by atoms with van der Waals surface area (Å²) in [7, 11) is 0. The van der Waals surface area contributed by atoms with Gasteiger partial charge < -0.3 is 19.3 Å². The Kier molecular flexibility index (Phi) is 5.69. The lowest BCUT2D eigenvalue weighted by molar-refractivity contribution is -0.212. The summed E-state index contributed by atoms with van der Waals surface area (Å²) in [6.45, 7) is 23.4. The van der Waals surface area contributed by atoms with Crippen LogP contribution in [-0.2, 0) is 14.2 Å². The topological polar surface area (TPSA) is 47.9 Å². The van der Waals surface area contributed by atoms with Crippen molar-refractivity contribution >= 4 is 0 Å². The van der Waals surface area contributed by atoms with Gasteiger partial charge in [-0.15, -0.1) is 0 Å². The van der Waals surface area contributed by atoms with Gasteiger partial charge in [0.1, 0.15) is 12.2 Å². The summed E-state index contributed by atoms with van der Waals surface area (Å²) in [4.78, 5) is 0. The van der Waals surface area contributed by atoms with Crippen molar-refractivity contribution in [3.05, 3.63) is 11.6 Å². The summed E-state index contributed by atoms with van der Waals surface area (Å²) in [6, 6.07) is 0. The van der Waals surface area contributed by atoms with Crippen molar-refractivity contribution in [1.29, 1.82) is 0 Å². The molecule has 3 saturated carbocycles. The second-order valence-corrected chi connectivity index (χ2v) is 16.4. The highest BCUT2D eigenvalue weighted by Gasteiger charge is 2.67. The summed E-state index contributed by atoms with van der Waals surface area (Å²) < 4.78 is 19.6. The summed E-state index contributed by atoms with van der Waals surface area (Å²) in [5.74, 6) is 1.72. The first kappa shape index (κ1) is 26.8. The fraction of sp³-hybridized carbons (Fsp3) is 0.939. The van der Waals surface area contributed by atoms with Gasteiger partial charge in [0.15, 0.2) is 5.79 Å². The molecule has 37 heavy (non-hydrogen) atoms. The number of aliphatic hydroxyl groups excluding tert-OH is 1. The van der Waals surface area contributed by atoms with E-state index in [0.717, 1.165) is 19.3 Å². The Morgan fingerprint density at radius 3 is 2.27 bits per heavy atom. The van der Waals surface area contributed by atoms with E-state index in [4.69, 9.17) is 14.2 Å². The second-order valence-electron chi connectivity index (χ2n) is 16.4. The van der Waals surface area contributed by atoms with E-state index in [1.54, 1.807) is 5.57 Å². The quantitative estimate of drug-likeness (QED) is 0.393. The minimum Gasteiger partial charge on any atom is -0.393 e. The molecule has 11 atom stereocenters. The summed E-state index contributed by atoms with van der Waals surface area (Å²) in [5.41, 5.74) is 2.24. The molecule has 2 saturated heterocycles. The van der Waals surface area contributed by atoms with Gasteiger partial charge in [0.25, 0.3) is 0 Å². The van der Waals surface area contributed by atoms with Crippen LogP contribution in [0.5, 0.6) is 0 Å². The minimum atomic E-state index is -0.541. The molecule has 0 bridgehead atoms. The molecule has 6 rings (SSSR count). The molecule has 0 spiro atoms. The van der Waals surface area contributed by atoms with E-state index in [9.17, 15) is 5.11 Å². The van der Waals surface area contributed by atoms with E-state index >= 15 is 0 Å². The van der Waals surface area contributed by atoms with Crippen molar-refractivity contribution in [2.24, 2.45) is 45.3 Å². The fourth-order valence-corrected chi connectivity index (χ4v) is 11.3. The molecule has 4 aliphatic carbocycles. The minimum absolute atomic E-state index is 0.00535. The lowest BCUT2D eigenvalue weighted by Gasteiger charge is -2.64. The van der Waals surface area contributed by atoms with Crippen LogP contribution < -0.4 is 0 Å². The number of fused-ring (bicyclic) bond motifs is 6. The van der Waals surface area contributed by atoms with Crippen LogP contribution in [0, 0.1) is 45.3 Å². The van der Waals surface area contributed by atoms with Crippen LogP contribution in [-0.4, -0.2) is 40.9 Å². The average Bonchev–Trinajstić information content (AvgIpc) is 3.36. The van der Waals surface area contributed by atoms with E-state index in [-0.39, 0.29) is 46.3 Å². The smallest absolute Gasteiger partial charge is 0.164 e. The van der Waals surface area contributed by atoms with Gasteiger partial charge in [0.2, 0.25) is 0 Å². The first-order chi connectivity index (χ1) is 17.0. The SMILES string of the molecule is C[C@H]([C@H]1OC(C)(C)[C@H]2OC(C)(C)O[C@@H]12)[C@@H]1CC[C@@]2(C)C3=CC[C@@H]4C(C)(C)[C@@H](O)CC[C@]4(C)[C@H]3CC[C@@]12C. The lowest BCUT2D eigenvalue weighted by atomic mass is 9.41. The Hall–Kier alpha value is -0.420. The molecule has 0 aromatic rings. The predicted octanol–water partition coefficient (Wildman–Crippen LogP) is 7.29. The third-order valence-electron chi connectivity index (χ3n) is 13.6. The predicted molar refractivity (Wildman–Crippen MR) is 147 cm³/mol. The Balaban J connectivity index is 1.31. The van der Waals surface area contributed by atoms with Gasteiger partial charge in [0.05, 0.1) is 17.8 Å². The van der Waals surface area contributed by atoms with Gasteiger partial charge in [-0.3, -0.25) is 0 Å². The maximum atomic E-state index is 10.9. The van der Waals surface area contributed by atoms with Crippen molar-refractivity contribution in [3.63, 3.8) is 0 Å². The van der Waals surface area contributed by atoms with E-state index in [0.29, 0.717) is 29.1 Å². The monoisotopic (exact) mass is 514 g/mol. The molecule has 2 aliphatic heterocycles. The molecule has 210 valence electrons. The molecular formula is C33H54O4. The average molecular weight is 515 g/mol. The third kappa shape index (κ3) is 3.40. The molecule has 6 aliphatic rings. The van der Waals surface area contributed by atoms with E-state index in [1.165, 1.54) is 25.7 Å². The normalized spacial score (nSPS) is 54.0. The van der Waals surface area contributed by atoms with Gasteiger partial charge in [0, 0.05) is 0 Å². The highest BCUT2D eigenvalue weighted by Crippen LogP contribution is 2.73. The molecule has 5 fully saturated rings. The van der Waals surface area contributed by atoms with Gasteiger partial charge in [-0.05, 0) is 118 Å². The van der Waals surface area contributed by atoms with Crippen LogP contribution >= 0.6 is 0 Å². The summed E-state index contributed by atoms with van der Waals surface area (Å²) >= 11 is 0. The van der Waals surface area contributed by atoms with Crippen LogP contribution in [0.2, 0.25) is 0 Å². The Morgan fingerprint density at radius 1 is 0.865 bits per heavy atom. The Morgan fingerprint density at radius 2 is 1.57 bits per heavy atom. The number of allylic oxidation sites excluding steroid dienone is 2. The molecule has 1 N–H and O–H groups in total. The van der Waals surface area contributed by atoms with Crippen LogP contribution in [0.25, 0.3) is 0 Å². The van der Waals surface area contributed by atoms with Crippen molar-refractivity contribution < 1.29 is 19.3 Å². The van der Waals surface area contributed by atoms with E-state index in [2.05, 4.69) is 61.5 Å². The second kappa shape index (κ2) is 7.86. The Labute approximate surface area is 226 Å². The lowest BCUT2D eigenvalue weighted by Crippen LogP contribution is -2.58. The maximum absolute atomic E-state index is 10.9. The van der Waals surface area contributed by atoms with Crippen LogP contribution in [0.3, 0.4) is 0 Å². The van der Waals surface area contributed by atoms with Crippen molar-refractivity contribution in [2.45, 2.75) is 150 Å². The van der Waals surface area contributed by atoms with Crippen molar-refractivity contribution in [3.8, 4) is 0 Å². The summed E-state index contributed by atoms with van der Waals surface area (Å²) in [6.07, 6.45) is 10.9. The highest BCUT2D eigenvalue weighted by molar-refractivity contribution is 5.33. The van der Waals surface area contributed by atoms with Crippen molar-refractivity contribution in [1.82, 2.24) is 0 Å². The molecule has 0 amide bonds. The molecule has 0 unspecified atom stereocenters. The molecule has 0 radical (unpaired) electrons. The zero-order chi connectivity index (χ0) is 27.0. The molecule has 4 nitrogen and oxygen atoms in total. The van der Waals surface area contributed by atoms with E-state index in [1.807, 2.05) is 13.8 Å². The molecule has 4 heteroatoms. The molecule has 0 aromatic heterocycles. The number of hydrogen-bond donors (Lipinski definition) is 1. The molecule has 0 aromatic carbocycles. The summed E-state index contributed by atoms with van der Waals surface area (Å²) in [5, 5.41) is 10.9. The van der Waals surface area contributed by atoms with E-state index < -0.39 is 5.79 Å². The number of ether oxygens (including phenoxy) is 3. The van der Waals surface area contributed by atoms with Gasteiger partial charge in [-0.25, -0.2) is 0 Å². The third-order valence-corrected chi connectivity index (χ3v) is 13.6. The maximum Gasteiger partial charge on any atom is 0.164 e. The fourth-order valence-electron chi connectivity index (χ4n) is 11.3. The molecular weight excluding hydrogens is 460 g/mol. The number of rotatable bonds is 2. The zero-order valence-electron chi connectivity index (χ0n) is 25.3. The van der Waals surface area contributed by atoms with Crippen LogP contribution in [0.4, 0.5) is 0 Å². The van der Waals surface area contributed by atoms with Gasteiger partial charge >= 0.3 is 0 Å². The Bertz CT molecular complexity index is 981. The van der Waals surface area contributed by atoms with Crippen LogP contribution in [0.15, 0.2) is 11.6 Å². The van der Waals surface area contributed by atoms with Gasteiger partial charge in [-0.1, -0.05) is 53.2 Å².